The molecule has 2 aromatic rings. The van der Waals surface area contributed by atoms with Crippen LogP contribution < -0.4 is 16.6 Å². The first-order valence-corrected chi connectivity index (χ1v) is 5.36. The van der Waals surface area contributed by atoms with E-state index in [0.717, 1.165) is 0 Å². The molecule has 0 saturated carbocycles. The van der Waals surface area contributed by atoms with Crippen LogP contribution in [0.2, 0.25) is 5.02 Å². The Kier molecular flexibility index (Phi) is 3.57. The van der Waals surface area contributed by atoms with Crippen LogP contribution in [0.3, 0.4) is 0 Å². The van der Waals surface area contributed by atoms with Crippen molar-refractivity contribution in [3.8, 4) is 6.07 Å². The van der Waals surface area contributed by atoms with Gasteiger partial charge in [0, 0.05) is 6.07 Å². The molecule has 7 heteroatoms. The van der Waals surface area contributed by atoms with Crippen LogP contribution in [0, 0.1) is 11.3 Å². The lowest BCUT2D eigenvalue weighted by Gasteiger charge is -2.08. The van der Waals surface area contributed by atoms with Gasteiger partial charge in [-0.25, -0.2) is 15.8 Å². The topological polar surface area (TPSA) is 99.7 Å². The van der Waals surface area contributed by atoms with Gasteiger partial charge in [0.05, 0.1) is 22.3 Å². The minimum Gasteiger partial charge on any atom is -0.339 e. The van der Waals surface area contributed by atoms with E-state index >= 15 is 0 Å². The lowest BCUT2D eigenvalue weighted by Crippen LogP contribution is -2.09. The predicted molar refractivity (Wildman–Crippen MR) is 69.3 cm³/mol. The molecule has 0 radical (unpaired) electrons. The van der Waals surface area contributed by atoms with Crippen molar-refractivity contribution in [1.82, 2.24) is 9.97 Å². The molecule has 0 aliphatic carbocycles. The number of rotatable bonds is 3. The van der Waals surface area contributed by atoms with Crippen LogP contribution >= 0.6 is 11.6 Å². The first kappa shape index (κ1) is 12.1. The van der Waals surface area contributed by atoms with Gasteiger partial charge in [-0.2, -0.15) is 5.26 Å². The molecule has 0 atom stereocenters. The average molecular weight is 261 g/mol. The number of hydrogen-bond acceptors (Lipinski definition) is 6. The molecular formula is C11H9ClN6. The van der Waals surface area contributed by atoms with E-state index in [4.69, 9.17) is 22.7 Å². The first-order valence-electron chi connectivity index (χ1n) is 4.98. The Hall–Kier alpha value is -2.36. The van der Waals surface area contributed by atoms with Gasteiger partial charge in [-0.15, -0.1) is 0 Å². The highest BCUT2D eigenvalue weighted by molar-refractivity contribution is 6.33. The zero-order chi connectivity index (χ0) is 13.0. The number of hydrazine groups is 1. The van der Waals surface area contributed by atoms with Gasteiger partial charge in [-0.05, 0) is 18.2 Å². The summed E-state index contributed by atoms with van der Waals surface area (Å²) in [6.45, 7) is 0. The van der Waals surface area contributed by atoms with E-state index in [2.05, 4.69) is 20.7 Å². The molecule has 0 aliphatic rings. The van der Waals surface area contributed by atoms with Gasteiger partial charge in [-0.3, -0.25) is 0 Å². The van der Waals surface area contributed by atoms with Crippen molar-refractivity contribution in [3.63, 3.8) is 0 Å². The van der Waals surface area contributed by atoms with Crippen molar-refractivity contribution in [2.75, 3.05) is 10.7 Å². The quantitative estimate of drug-likeness (QED) is 0.577. The Balaban J connectivity index is 2.30. The normalized spacial score (nSPS) is 9.61. The Morgan fingerprint density at radius 3 is 2.72 bits per heavy atom. The molecule has 4 N–H and O–H groups in total. The molecule has 2 rings (SSSR count). The minimum atomic E-state index is 0.472. The maximum absolute atomic E-state index is 8.83. The highest BCUT2D eigenvalue weighted by atomic mass is 35.5. The summed E-state index contributed by atoms with van der Waals surface area (Å²) in [5.41, 5.74) is 3.52. The number of halogens is 1. The second-order valence-electron chi connectivity index (χ2n) is 3.36. The molecule has 0 bridgehead atoms. The SMILES string of the molecule is N#Cc1ccc(Cl)c(Nc2cc(NN)ncn2)c1. The predicted octanol–water partition coefficient (Wildman–Crippen LogP) is 2.03. The fraction of sp³-hybridized carbons (Fsp3) is 0. The fourth-order valence-corrected chi connectivity index (χ4v) is 1.50. The summed E-state index contributed by atoms with van der Waals surface area (Å²) in [5, 5.41) is 12.3. The monoisotopic (exact) mass is 260 g/mol. The van der Waals surface area contributed by atoms with Crippen molar-refractivity contribution in [3.05, 3.63) is 41.2 Å². The second kappa shape index (κ2) is 5.31. The second-order valence-corrected chi connectivity index (χ2v) is 3.77. The van der Waals surface area contributed by atoms with Crippen molar-refractivity contribution in [2.24, 2.45) is 5.84 Å². The number of nitrogens with one attached hydrogen (secondary N) is 2. The summed E-state index contributed by atoms with van der Waals surface area (Å²) < 4.78 is 0. The first-order chi connectivity index (χ1) is 8.72. The summed E-state index contributed by atoms with van der Waals surface area (Å²) in [4.78, 5) is 7.90. The highest BCUT2D eigenvalue weighted by Gasteiger charge is 2.04. The van der Waals surface area contributed by atoms with Crippen LogP contribution in [0.5, 0.6) is 0 Å². The molecule has 1 heterocycles. The molecule has 1 aromatic carbocycles. The minimum absolute atomic E-state index is 0.472. The van der Waals surface area contributed by atoms with Crippen molar-refractivity contribution >= 4 is 28.9 Å². The number of nitrogens with two attached hydrogens (primary N) is 1. The maximum Gasteiger partial charge on any atom is 0.145 e. The van der Waals surface area contributed by atoms with Crippen LogP contribution in [0.1, 0.15) is 5.56 Å². The van der Waals surface area contributed by atoms with Gasteiger partial charge in [0.1, 0.15) is 18.0 Å². The lowest BCUT2D eigenvalue weighted by atomic mass is 10.2. The Bertz CT molecular complexity index is 607. The Labute approximate surface area is 108 Å². The van der Waals surface area contributed by atoms with E-state index in [1.54, 1.807) is 24.3 Å². The zero-order valence-electron chi connectivity index (χ0n) is 9.18. The largest absolute Gasteiger partial charge is 0.339 e. The molecule has 0 amide bonds. The van der Waals surface area contributed by atoms with Crippen molar-refractivity contribution in [2.45, 2.75) is 0 Å². The van der Waals surface area contributed by atoms with E-state index in [1.165, 1.54) is 6.33 Å². The lowest BCUT2D eigenvalue weighted by molar-refractivity contribution is 1.14. The molecule has 0 fully saturated rings. The third-order valence-electron chi connectivity index (χ3n) is 2.17. The number of nitriles is 1. The van der Waals surface area contributed by atoms with Crippen LogP contribution in [0.4, 0.5) is 17.3 Å². The molecule has 6 nitrogen and oxygen atoms in total. The molecule has 0 saturated heterocycles. The van der Waals surface area contributed by atoms with Gasteiger partial charge in [0.2, 0.25) is 0 Å². The van der Waals surface area contributed by atoms with E-state index < -0.39 is 0 Å². The molecular weight excluding hydrogens is 252 g/mol. The van der Waals surface area contributed by atoms with Gasteiger partial charge in [0.25, 0.3) is 0 Å². The average Bonchev–Trinajstić information content (AvgIpc) is 2.41. The molecule has 0 aliphatic heterocycles. The number of aromatic nitrogens is 2. The van der Waals surface area contributed by atoms with E-state index in [-0.39, 0.29) is 0 Å². The van der Waals surface area contributed by atoms with Crippen LogP contribution in [-0.2, 0) is 0 Å². The standard InChI is InChI=1S/C11H9ClN6/c12-8-2-1-7(5-13)3-9(8)17-10-4-11(18-14)16-6-15-10/h1-4,6H,14H2,(H2,15,16,17,18). The third-order valence-corrected chi connectivity index (χ3v) is 2.50. The summed E-state index contributed by atoms with van der Waals surface area (Å²) in [5.74, 6) is 6.25. The van der Waals surface area contributed by atoms with E-state index in [1.807, 2.05) is 6.07 Å². The summed E-state index contributed by atoms with van der Waals surface area (Å²) in [7, 11) is 0. The molecule has 90 valence electrons. The van der Waals surface area contributed by atoms with Crippen molar-refractivity contribution < 1.29 is 0 Å². The Morgan fingerprint density at radius 2 is 2.00 bits per heavy atom. The highest BCUT2D eigenvalue weighted by Crippen LogP contribution is 2.25. The number of nitrogen functional groups attached to an aromatic ring is 1. The van der Waals surface area contributed by atoms with Crippen molar-refractivity contribution in [1.29, 1.82) is 5.26 Å². The third kappa shape index (κ3) is 2.66. The van der Waals surface area contributed by atoms with Crippen LogP contribution in [0.15, 0.2) is 30.6 Å². The maximum atomic E-state index is 8.83. The summed E-state index contributed by atoms with van der Waals surface area (Å²) in [6, 6.07) is 8.58. The van der Waals surface area contributed by atoms with Gasteiger partial charge in [-0.1, -0.05) is 11.6 Å². The molecule has 18 heavy (non-hydrogen) atoms. The molecule has 0 spiro atoms. The summed E-state index contributed by atoms with van der Waals surface area (Å²) >= 11 is 6.02. The Morgan fingerprint density at radius 1 is 1.22 bits per heavy atom. The van der Waals surface area contributed by atoms with Crippen LogP contribution in [0.25, 0.3) is 0 Å². The molecule has 1 aromatic heterocycles. The number of anilines is 3. The van der Waals surface area contributed by atoms with E-state index in [0.29, 0.717) is 27.9 Å². The number of benzene rings is 1. The van der Waals surface area contributed by atoms with Gasteiger partial charge in [0.15, 0.2) is 0 Å². The smallest absolute Gasteiger partial charge is 0.145 e. The van der Waals surface area contributed by atoms with Gasteiger partial charge < -0.3 is 10.7 Å². The fourth-order valence-electron chi connectivity index (χ4n) is 1.33. The molecule has 0 unspecified atom stereocenters. The number of hydrogen-bond donors (Lipinski definition) is 3. The zero-order valence-corrected chi connectivity index (χ0v) is 9.94. The number of nitrogens with zero attached hydrogens (tertiary/aromatic N) is 3. The van der Waals surface area contributed by atoms with E-state index in [9.17, 15) is 0 Å². The summed E-state index contributed by atoms with van der Waals surface area (Å²) in [6.07, 6.45) is 1.36. The van der Waals surface area contributed by atoms with Crippen LogP contribution in [-0.4, -0.2) is 9.97 Å². The van der Waals surface area contributed by atoms with Gasteiger partial charge >= 0.3 is 0 Å².